The second-order valence-corrected chi connectivity index (χ2v) is 4.46. The second kappa shape index (κ2) is 5.14. The minimum Gasteiger partial charge on any atom is -0.326 e. The average molecular weight is 266 g/mol. The van der Waals surface area contributed by atoms with Crippen LogP contribution in [0.15, 0.2) is 48.5 Å². The van der Waals surface area contributed by atoms with Crippen molar-refractivity contribution in [1.82, 2.24) is 9.97 Å². The van der Waals surface area contributed by atoms with Crippen LogP contribution in [0.5, 0.6) is 0 Å². The molecule has 20 heavy (non-hydrogen) atoms. The molecule has 3 aromatic rings. The SMILES string of the molecule is NCc1ccc(C(=O)Nc2nc3ccccc3[nH]2)cc1. The number of rotatable bonds is 3. The van der Waals surface area contributed by atoms with Crippen LogP contribution in [0.25, 0.3) is 11.0 Å². The van der Waals surface area contributed by atoms with Crippen LogP contribution in [0.1, 0.15) is 15.9 Å². The highest BCUT2D eigenvalue weighted by molar-refractivity contribution is 6.03. The number of nitrogens with two attached hydrogens (primary N) is 1. The number of benzene rings is 2. The summed E-state index contributed by atoms with van der Waals surface area (Å²) in [6.45, 7) is 0.464. The third-order valence-electron chi connectivity index (χ3n) is 3.07. The van der Waals surface area contributed by atoms with E-state index in [0.29, 0.717) is 18.1 Å². The van der Waals surface area contributed by atoms with Crippen molar-refractivity contribution in [3.05, 3.63) is 59.7 Å². The van der Waals surface area contributed by atoms with Crippen molar-refractivity contribution >= 4 is 22.9 Å². The summed E-state index contributed by atoms with van der Waals surface area (Å²) in [5, 5.41) is 2.75. The first-order chi connectivity index (χ1) is 9.76. The van der Waals surface area contributed by atoms with Crippen LogP contribution in [0.2, 0.25) is 0 Å². The molecule has 0 radical (unpaired) electrons. The first-order valence-corrected chi connectivity index (χ1v) is 6.31. The number of nitrogens with one attached hydrogen (secondary N) is 2. The number of para-hydroxylation sites is 2. The minimum atomic E-state index is -0.201. The van der Waals surface area contributed by atoms with E-state index in [1.165, 1.54) is 0 Å². The van der Waals surface area contributed by atoms with E-state index >= 15 is 0 Å². The van der Waals surface area contributed by atoms with Crippen molar-refractivity contribution in [2.45, 2.75) is 6.54 Å². The molecule has 0 fully saturated rings. The predicted octanol–water partition coefficient (Wildman–Crippen LogP) is 2.27. The number of aromatic nitrogens is 2. The number of hydrogen-bond donors (Lipinski definition) is 3. The maximum absolute atomic E-state index is 12.1. The zero-order valence-electron chi connectivity index (χ0n) is 10.8. The molecule has 1 aromatic heterocycles. The zero-order chi connectivity index (χ0) is 13.9. The number of aromatic amines is 1. The van der Waals surface area contributed by atoms with E-state index in [2.05, 4.69) is 15.3 Å². The van der Waals surface area contributed by atoms with Gasteiger partial charge in [0.15, 0.2) is 0 Å². The standard InChI is InChI=1S/C15H14N4O/c16-9-10-5-7-11(8-6-10)14(20)19-15-17-12-3-1-2-4-13(12)18-15/h1-8H,9,16H2,(H2,17,18,19,20). The van der Waals surface area contributed by atoms with Gasteiger partial charge in [-0.1, -0.05) is 24.3 Å². The largest absolute Gasteiger partial charge is 0.326 e. The van der Waals surface area contributed by atoms with E-state index in [1.807, 2.05) is 36.4 Å². The van der Waals surface area contributed by atoms with Crippen LogP contribution in [-0.4, -0.2) is 15.9 Å². The summed E-state index contributed by atoms with van der Waals surface area (Å²) in [5.74, 6) is 0.242. The summed E-state index contributed by atoms with van der Waals surface area (Å²) in [6, 6.07) is 14.8. The van der Waals surface area contributed by atoms with Gasteiger partial charge in [0.1, 0.15) is 0 Å². The molecule has 4 N–H and O–H groups in total. The topological polar surface area (TPSA) is 83.8 Å². The third kappa shape index (κ3) is 2.39. The Morgan fingerprint density at radius 1 is 1.15 bits per heavy atom. The second-order valence-electron chi connectivity index (χ2n) is 4.46. The Labute approximate surface area is 115 Å². The molecule has 0 saturated heterocycles. The van der Waals surface area contributed by atoms with E-state index in [9.17, 15) is 4.79 Å². The van der Waals surface area contributed by atoms with Gasteiger partial charge in [0.05, 0.1) is 11.0 Å². The molecule has 0 aliphatic heterocycles. The molecule has 1 amide bonds. The lowest BCUT2D eigenvalue weighted by atomic mass is 10.1. The number of fused-ring (bicyclic) bond motifs is 1. The average Bonchev–Trinajstić information content (AvgIpc) is 2.89. The van der Waals surface area contributed by atoms with Crippen molar-refractivity contribution in [3.8, 4) is 0 Å². The molecular formula is C15H14N4O. The summed E-state index contributed by atoms with van der Waals surface area (Å²) in [7, 11) is 0. The quantitative estimate of drug-likeness (QED) is 0.680. The highest BCUT2D eigenvalue weighted by atomic mass is 16.1. The number of amides is 1. The molecule has 3 rings (SSSR count). The Bertz CT molecular complexity index is 713. The Morgan fingerprint density at radius 2 is 1.90 bits per heavy atom. The molecule has 5 nitrogen and oxygen atoms in total. The summed E-state index contributed by atoms with van der Waals surface area (Å²) < 4.78 is 0. The maximum Gasteiger partial charge on any atom is 0.257 e. The van der Waals surface area contributed by atoms with Crippen LogP contribution in [0.3, 0.4) is 0 Å². The third-order valence-corrected chi connectivity index (χ3v) is 3.07. The Morgan fingerprint density at radius 3 is 2.60 bits per heavy atom. The summed E-state index contributed by atoms with van der Waals surface area (Å²) >= 11 is 0. The van der Waals surface area contributed by atoms with Gasteiger partial charge in [-0.25, -0.2) is 4.98 Å². The minimum absolute atomic E-state index is 0.201. The van der Waals surface area contributed by atoms with Crippen molar-refractivity contribution in [1.29, 1.82) is 0 Å². The van der Waals surface area contributed by atoms with E-state index in [-0.39, 0.29) is 5.91 Å². The van der Waals surface area contributed by atoms with Gasteiger partial charge < -0.3 is 10.7 Å². The Hall–Kier alpha value is -2.66. The lowest BCUT2D eigenvalue weighted by Crippen LogP contribution is -2.13. The van der Waals surface area contributed by atoms with Crippen molar-refractivity contribution in [2.24, 2.45) is 5.73 Å². The Kier molecular flexibility index (Phi) is 3.18. The van der Waals surface area contributed by atoms with Gasteiger partial charge in [0.2, 0.25) is 5.95 Å². The smallest absolute Gasteiger partial charge is 0.257 e. The van der Waals surface area contributed by atoms with Gasteiger partial charge >= 0.3 is 0 Å². The number of H-pyrrole nitrogens is 1. The van der Waals surface area contributed by atoms with Gasteiger partial charge in [0.25, 0.3) is 5.91 Å². The van der Waals surface area contributed by atoms with Gasteiger partial charge in [-0.05, 0) is 29.8 Å². The van der Waals surface area contributed by atoms with Gasteiger partial charge in [0, 0.05) is 12.1 Å². The van der Waals surface area contributed by atoms with E-state index in [4.69, 9.17) is 5.73 Å². The molecule has 1 heterocycles. The predicted molar refractivity (Wildman–Crippen MR) is 78.4 cm³/mol. The van der Waals surface area contributed by atoms with Gasteiger partial charge in [-0.3, -0.25) is 10.1 Å². The van der Waals surface area contributed by atoms with Crippen molar-refractivity contribution in [3.63, 3.8) is 0 Å². The van der Waals surface area contributed by atoms with Crippen molar-refractivity contribution in [2.75, 3.05) is 5.32 Å². The van der Waals surface area contributed by atoms with Crippen LogP contribution < -0.4 is 11.1 Å². The van der Waals surface area contributed by atoms with Crippen molar-refractivity contribution < 1.29 is 4.79 Å². The number of carbonyl (C=O) groups is 1. The molecule has 0 saturated carbocycles. The number of hydrogen-bond acceptors (Lipinski definition) is 3. The van der Waals surface area contributed by atoms with Crippen LogP contribution in [0, 0.1) is 0 Å². The number of imidazole rings is 1. The van der Waals surface area contributed by atoms with Crippen LogP contribution in [0.4, 0.5) is 5.95 Å². The number of nitrogens with zero attached hydrogens (tertiary/aromatic N) is 1. The highest BCUT2D eigenvalue weighted by Crippen LogP contribution is 2.14. The molecule has 5 heteroatoms. The molecule has 0 unspecified atom stereocenters. The Balaban J connectivity index is 1.80. The fourth-order valence-electron chi connectivity index (χ4n) is 1.98. The van der Waals surface area contributed by atoms with Gasteiger partial charge in [-0.2, -0.15) is 0 Å². The van der Waals surface area contributed by atoms with E-state index in [1.54, 1.807) is 12.1 Å². The normalized spacial score (nSPS) is 10.7. The molecule has 0 aliphatic rings. The lowest BCUT2D eigenvalue weighted by Gasteiger charge is -2.02. The molecule has 0 bridgehead atoms. The van der Waals surface area contributed by atoms with E-state index in [0.717, 1.165) is 16.6 Å². The first kappa shape index (κ1) is 12.4. The summed E-state index contributed by atoms with van der Waals surface area (Å²) in [6.07, 6.45) is 0. The first-order valence-electron chi connectivity index (χ1n) is 6.31. The molecule has 2 aromatic carbocycles. The zero-order valence-corrected chi connectivity index (χ0v) is 10.8. The number of carbonyl (C=O) groups excluding carboxylic acids is 1. The van der Waals surface area contributed by atoms with E-state index < -0.39 is 0 Å². The highest BCUT2D eigenvalue weighted by Gasteiger charge is 2.08. The van der Waals surface area contributed by atoms with Gasteiger partial charge in [-0.15, -0.1) is 0 Å². The molecule has 100 valence electrons. The maximum atomic E-state index is 12.1. The van der Waals surface area contributed by atoms with Crippen LogP contribution >= 0.6 is 0 Å². The monoisotopic (exact) mass is 266 g/mol. The summed E-state index contributed by atoms with van der Waals surface area (Å²) in [5.41, 5.74) is 8.80. The lowest BCUT2D eigenvalue weighted by molar-refractivity contribution is 0.102. The molecular weight excluding hydrogens is 252 g/mol. The van der Waals surface area contributed by atoms with Crippen LogP contribution in [-0.2, 0) is 6.54 Å². The fourth-order valence-corrected chi connectivity index (χ4v) is 1.98. The molecule has 0 atom stereocenters. The fraction of sp³-hybridized carbons (Fsp3) is 0.0667. The summed E-state index contributed by atoms with van der Waals surface area (Å²) in [4.78, 5) is 19.4. The molecule has 0 aliphatic carbocycles. The molecule has 0 spiro atoms. The number of anilines is 1.